The molecule has 1 amide bonds. The van der Waals surface area contributed by atoms with E-state index in [4.69, 9.17) is 5.73 Å². The summed E-state index contributed by atoms with van der Waals surface area (Å²) in [7, 11) is 1.81. The summed E-state index contributed by atoms with van der Waals surface area (Å²) in [5, 5.41) is 0. The van der Waals surface area contributed by atoms with Crippen LogP contribution in [-0.4, -0.2) is 28.4 Å². The van der Waals surface area contributed by atoms with Gasteiger partial charge in [-0.15, -0.1) is 0 Å². The molecule has 0 bridgehead atoms. The molecule has 1 aliphatic carbocycles. The van der Waals surface area contributed by atoms with E-state index in [9.17, 15) is 4.79 Å². The summed E-state index contributed by atoms with van der Waals surface area (Å²) in [5.41, 5.74) is 6.49. The minimum atomic E-state index is -0.651. The smallest absolute Gasteiger partial charge is 0.242 e. The summed E-state index contributed by atoms with van der Waals surface area (Å²) in [6, 6.07) is 5.73. The maximum absolute atomic E-state index is 12.4. The highest BCUT2D eigenvalue weighted by Gasteiger charge is 2.37. The standard InChI is InChI=1S/C14H21N3O/c1-17(11-12-7-3-6-10-16-12)13(18)14(15)8-4-2-5-9-14/h3,6-7,10H,2,4-5,8-9,11,15H2,1H3. The second-order valence-electron chi connectivity index (χ2n) is 5.20. The third-order valence-corrected chi connectivity index (χ3v) is 3.64. The fourth-order valence-electron chi connectivity index (χ4n) is 2.58. The lowest BCUT2D eigenvalue weighted by molar-refractivity contribution is -0.137. The van der Waals surface area contributed by atoms with Crippen LogP contribution >= 0.6 is 0 Å². The lowest BCUT2D eigenvalue weighted by Gasteiger charge is -2.35. The Morgan fingerprint density at radius 1 is 1.39 bits per heavy atom. The van der Waals surface area contributed by atoms with Gasteiger partial charge in [-0.25, -0.2) is 0 Å². The van der Waals surface area contributed by atoms with Crippen molar-refractivity contribution in [1.82, 2.24) is 9.88 Å². The van der Waals surface area contributed by atoms with E-state index in [2.05, 4.69) is 4.98 Å². The van der Waals surface area contributed by atoms with Crippen molar-refractivity contribution in [2.45, 2.75) is 44.2 Å². The van der Waals surface area contributed by atoms with Gasteiger partial charge in [0, 0.05) is 13.2 Å². The van der Waals surface area contributed by atoms with Crippen LogP contribution in [0.2, 0.25) is 0 Å². The average molecular weight is 247 g/mol. The van der Waals surface area contributed by atoms with Crippen LogP contribution in [0.1, 0.15) is 37.8 Å². The van der Waals surface area contributed by atoms with Crippen molar-refractivity contribution in [1.29, 1.82) is 0 Å². The molecule has 2 N–H and O–H groups in total. The molecule has 0 saturated heterocycles. The Kier molecular flexibility index (Phi) is 3.97. The Labute approximate surface area is 108 Å². The third kappa shape index (κ3) is 2.88. The first kappa shape index (κ1) is 13.0. The maximum Gasteiger partial charge on any atom is 0.242 e. The summed E-state index contributed by atoms with van der Waals surface area (Å²) in [5.74, 6) is 0.0489. The van der Waals surface area contributed by atoms with Gasteiger partial charge in [0.15, 0.2) is 0 Å². The number of pyridine rings is 1. The number of carbonyl (C=O) groups excluding carboxylic acids is 1. The molecule has 0 aromatic carbocycles. The second-order valence-corrected chi connectivity index (χ2v) is 5.20. The summed E-state index contributed by atoms with van der Waals surface area (Å²) >= 11 is 0. The SMILES string of the molecule is CN(Cc1ccccn1)C(=O)C1(N)CCCCC1. The van der Waals surface area contributed by atoms with Gasteiger partial charge in [0.2, 0.25) is 5.91 Å². The van der Waals surface area contributed by atoms with Crippen molar-refractivity contribution in [3.8, 4) is 0 Å². The monoisotopic (exact) mass is 247 g/mol. The van der Waals surface area contributed by atoms with E-state index in [1.807, 2.05) is 18.2 Å². The lowest BCUT2D eigenvalue weighted by atomic mass is 9.81. The van der Waals surface area contributed by atoms with Gasteiger partial charge < -0.3 is 10.6 Å². The first-order valence-corrected chi connectivity index (χ1v) is 6.56. The lowest BCUT2D eigenvalue weighted by Crippen LogP contribution is -2.55. The first-order valence-electron chi connectivity index (χ1n) is 6.56. The van der Waals surface area contributed by atoms with Crippen LogP contribution < -0.4 is 5.73 Å². The predicted octanol–water partition coefficient (Wildman–Crippen LogP) is 1.70. The highest BCUT2D eigenvalue weighted by atomic mass is 16.2. The van der Waals surface area contributed by atoms with E-state index < -0.39 is 5.54 Å². The molecule has 4 heteroatoms. The van der Waals surface area contributed by atoms with Gasteiger partial charge >= 0.3 is 0 Å². The normalized spacial score (nSPS) is 18.3. The molecule has 1 aromatic heterocycles. The summed E-state index contributed by atoms with van der Waals surface area (Å²) < 4.78 is 0. The Morgan fingerprint density at radius 2 is 2.11 bits per heavy atom. The number of hydrogen-bond donors (Lipinski definition) is 1. The van der Waals surface area contributed by atoms with Crippen LogP contribution in [0.5, 0.6) is 0 Å². The molecule has 0 aliphatic heterocycles. The van der Waals surface area contributed by atoms with Crippen LogP contribution in [0.15, 0.2) is 24.4 Å². The fraction of sp³-hybridized carbons (Fsp3) is 0.571. The molecule has 1 fully saturated rings. The molecular formula is C14H21N3O. The van der Waals surface area contributed by atoms with E-state index in [0.717, 1.165) is 31.4 Å². The molecule has 18 heavy (non-hydrogen) atoms. The zero-order valence-corrected chi connectivity index (χ0v) is 10.9. The van der Waals surface area contributed by atoms with Gasteiger partial charge in [0.1, 0.15) is 0 Å². The Bertz CT molecular complexity index is 399. The number of nitrogens with two attached hydrogens (primary N) is 1. The molecule has 1 saturated carbocycles. The van der Waals surface area contributed by atoms with E-state index >= 15 is 0 Å². The Hall–Kier alpha value is -1.42. The largest absolute Gasteiger partial charge is 0.338 e. The van der Waals surface area contributed by atoms with Gasteiger partial charge in [-0.3, -0.25) is 9.78 Å². The summed E-state index contributed by atoms with van der Waals surface area (Å²) in [6.07, 6.45) is 6.65. The minimum absolute atomic E-state index is 0.0489. The number of nitrogens with zero attached hydrogens (tertiary/aromatic N) is 2. The molecule has 2 rings (SSSR count). The van der Waals surface area contributed by atoms with Gasteiger partial charge in [-0.05, 0) is 25.0 Å². The minimum Gasteiger partial charge on any atom is -0.338 e. The number of amides is 1. The van der Waals surface area contributed by atoms with Crippen LogP contribution in [0.25, 0.3) is 0 Å². The molecule has 0 unspecified atom stereocenters. The highest BCUT2D eigenvalue weighted by Crippen LogP contribution is 2.27. The van der Waals surface area contributed by atoms with Gasteiger partial charge in [0.05, 0.1) is 17.8 Å². The van der Waals surface area contributed by atoms with Crippen molar-refractivity contribution >= 4 is 5.91 Å². The van der Waals surface area contributed by atoms with Gasteiger partial charge in [0.25, 0.3) is 0 Å². The average Bonchev–Trinajstić information content (AvgIpc) is 2.40. The Balaban J connectivity index is 2.00. The second kappa shape index (κ2) is 5.48. The quantitative estimate of drug-likeness (QED) is 0.884. The third-order valence-electron chi connectivity index (χ3n) is 3.64. The predicted molar refractivity (Wildman–Crippen MR) is 70.7 cm³/mol. The van der Waals surface area contributed by atoms with E-state index in [1.54, 1.807) is 18.1 Å². The van der Waals surface area contributed by atoms with Crippen LogP contribution in [0.3, 0.4) is 0 Å². The first-order chi connectivity index (χ1) is 8.62. The number of aromatic nitrogens is 1. The summed E-state index contributed by atoms with van der Waals surface area (Å²) in [6.45, 7) is 0.526. The van der Waals surface area contributed by atoms with Crippen molar-refractivity contribution < 1.29 is 4.79 Å². The topological polar surface area (TPSA) is 59.2 Å². The van der Waals surface area contributed by atoms with E-state index in [0.29, 0.717) is 6.54 Å². The molecular weight excluding hydrogens is 226 g/mol. The Morgan fingerprint density at radius 3 is 2.72 bits per heavy atom. The van der Waals surface area contributed by atoms with Crippen molar-refractivity contribution in [3.05, 3.63) is 30.1 Å². The number of hydrogen-bond acceptors (Lipinski definition) is 3. The molecule has 0 spiro atoms. The molecule has 0 atom stereocenters. The molecule has 1 aromatic rings. The van der Waals surface area contributed by atoms with Crippen molar-refractivity contribution in [2.24, 2.45) is 5.73 Å². The molecule has 1 heterocycles. The molecule has 0 radical (unpaired) electrons. The van der Waals surface area contributed by atoms with Crippen molar-refractivity contribution in [2.75, 3.05) is 7.05 Å². The fourth-order valence-corrected chi connectivity index (χ4v) is 2.58. The molecule has 98 valence electrons. The summed E-state index contributed by atoms with van der Waals surface area (Å²) in [4.78, 5) is 18.3. The zero-order chi connectivity index (χ0) is 13.0. The maximum atomic E-state index is 12.4. The van der Waals surface area contributed by atoms with Gasteiger partial charge in [-0.1, -0.05) is 25.3 Å². The number of carbonyl (C=O) groups is 1. The molecule has 1 aliphatic rings. The van der Waals surface area contributed by atoms with E-state index in [1.165, 1.54) is 6.42 Å². The van der Waals surface area contributed by atoms with Crippen LogP contribution in [0.4, 0.5) is 0 Å². The van der Waals surface area contributed by atoms with Crippen LogP contribution in [0, 0.1) is 0 Å². The zero-order valence-electron chi connectivity index (χ0n) is 10.9. The van der Waals surface area contributed by atoms with E-state index in [-0.39, 0.29) is 5.91 Å². The van der Waals surface area contributed by atoms with Gasteiger partial charge in [-0.2, -0.15) is 0 Å². The molecule has 4 nitrogen and oxygen atoms in total. The van der Waals surface area contributed by atoms with Crippen LogP contribution in [-0.2, 0) is 11.3 Å². The van der Waals surface area contributed by atoms with Crippen molar-refractivity contribution in [3.63, 3.8) is 0 Å². The highest BCUT2D eigenvalue weighted by molar-refractivity contribution is 5.86. The number of rotatable bonds is 3. The number of likely N-dealkylation sites (N-methyl/N-ethyl adjacent to an activating group) is 1.